The Labute approximate surface area is 108 Å². The molecule has 1 aromatic carbocycles. The molecule has 5 heteroatoms. The summed E-state index contributed by atoms with van der Waals surface area (Å²) in [5.74, 6) is 0. The minimum Gasteiger partial charge on any atom is -0.302 e. The Morgan fingerprint density at radius 2 is 2.06 bits per heavy atom. The van der Waals surface area contributed by atoms with Crippen LogP contribution in [0.1, 0.15) is 24.0 Å². The van der Waals surface area contributed by atoms with Gasteiger partial charge in [-0.3, -0.25) is 0 Å². The number of sulfonamides is 1. The number of carbonyl (C=O) groups is 1. The number of nitrogens with zero attached hydrogens (tertiary/aromatic N) is 1. The van der Waals surface area contributed by atoms with Crippen molar-refractivity contribution in [2.75, 3.05) is 6.54 Å². The summed E-state index contributed by atoms with van der Waals surface area (Å²) < 4.78 is 26.4. The fourth-order valence-electron chi connectivity index (χ4n) is 2.31. The largest absolute Gasteiger partial charge is 0.302 e. The van der Waals surface area contributed by atoms with Crippen molar-refractivity contribution in [3.8, 4) is 0 Å². The Morgan fingerprint density at radius 1 is 1.33 bits per heavy atom. The molecule has 0 bridgehead atoms. The predicted molar refractivity (Wildman–Crippen MR) is 68.9 cm³/mol. The summed E-state index contributed by atoms with van der Waals surface area (Å²) in [5.41, 5.74) is 1.62. The molecule has 0 aromatic heterocycles. The number of hydrogen-bond donors (Lipinski definition) is 0. The quantitative estimate of drug-likeness (QED) is 0.783. The van der Waals surface area contributed by atoms with Crippen LogP contribution in [-0.2, 0) is 14.8 Å². The molecular weight excluding hydrogens is 250 g/mol. The third-order valence-electron chi connectivity index (χ3n) is 3.34. The van der Waals surface area contributed by atoms with E-state index < -0.39 is 16.1 Å². The highest BCUT2D eigenvalue weighted by Gasteiger charge is 2.35. The van der Waals surface area contributed by atoms with Gasteiger partial charge < -0.3 is 4.79 Å². The van der Waals surface area contributed by atoms with E-state index in [-0.39, 0.29) is 0 Å². The Morgan fingerprint density at radius 3 is 2.72 bits per heavy atom. The first-order valence-electron chi connectivity index (χ1n) is 6.01. The molecule has 1 saturated heterocycles. The lowest BCUT2D eigenvalue weighted by Crippen LogP contribution is -2.36. The summed E-state index contributed by atoms with van der Waals surface area (Å²) >= 11 is 0. The van der Waals surface area contributed by atoms with E-state index in [2.05, 4.69) is 0 Å². The van der Waals surface area contributed by atoms with Gasteiger partial charge in [-0.05, 0) is 43.9 Å². The van der Waals surface area contributed by atoms with Crippen molar-refractivity contribution in [3.05, 3.63) is 29.3 Å². The first kappa shape index (κ1) is 13.2. The van der Waals surface area contributed by atoms with Gasteiger partial charge in [-0.1, -0.05) is 12.1 Å². The highest BCUT2D eigenvalue weighted by atomic mass is 32.2. The number of rotatable bonds is 3. The fourth-order valence-corrected chi connectivity index (χ4v) is 4.26. The first-order chi connectivity index (χ1) is 8.46. The number of aldehydes is 1. The zero-order chi connectivity index (χ0) is 13.3. The van der Waals surface area contributed by atoms with Crippen LogP contribution in [0.2, 0.25) is 0 Å². The van der Waals surface area contributed by atoms with Gasteiger partial charge in [0, 0.05) is 6.54 Å². The van der Waals surface area contributed by atoms with Gasteiger partial charge >= 0.3 is 0 Å². The average molecular weight is 267 g/mol. The molecule has 98 valence electrons. The molecule has 18 heavy (non-hydrogen) atoms. The van der Waals surface area contributed by atoms with E-state index in [0.717, 1.165) is 23.8 Å². The summed E-state index contributed by atoms with van der Waals surface area (Å²) in [6.45, 7) is 4.07. The van der Waals surface area contributed by atoms with Crippen molar-refractivity contribution < 1.29 is 13.2 Å². The topological polar surface area (TPSA) is 54.5 Å². The van der Waals surface area contributed by atoms with E-state index in [9.17, 15) is 13.2 Å². The van der Waals surface area contributed by atoms with Crippen LogP contribution in [0.3, 0.4) is 0 Å². The van der Waals surface area contributed by atoms with Crippen LogP contribution in [0, 0.1) is 13.8 Å². The van der Waals surface area contributed by atoms with Crippen LogP contribution in [0.25, 0.3) is 0 Å². The van der Waals surface area contributed by atoms with Crippen LogP contribution < -0.4 is 0 Å². The number of benzene rings is 1. The second-order valence-electron chi connectivity index (χ2n) is 4.73. The molecular formula is C13H17NO3S. The molecule has 0 spiro atoms. The highest BCUT2D eigenvalue weighted by Crippen LogP contribution is 2.27. The molecule has 1 heterocycles. The highest BCUT2D eigenvalue weighted by molar-refractivity contribution is 7.89. The van der Waals surface area contributed by atoms with Crippen LogP contribution in [0.15, 0.2) is 23.1 Å². The maximum absolute atomic E-state index is 12.5. The molecule has 0 saturated carbocycles. The van der Waals surface area contributed by atoms with Crippen LogP contribution in [0.5, 0.6) is 0 Å². The average Bonchev–Trinajstić information content (AvgIpc) is 2.81. The maximum atomic E-state index is 12.5. The zero-order valence-electron chi connectivity index (χ0n) is 10.6. The standard InChI is InChI=1S/C13H17NO3S/c1-10-5-6-11(2)13(8-10)18(16,17)14-7-3-4-12(14)9-15/h5-6,8-9,12H,3-4,7H2,1-2H3. The van der Waals surface area contributed by atoms with E-state index in [1.165, 1.54) is 4.31 Å². The molecule has 0 amide bonds. The lowest BCUT2D eigenvalue weighted by Gasteiger charge is -2.21. The van der Waals surface area contributed by atoms with E-state index >= 15 is 0 Å². The van der Waals surface area contributed by atoms with Gasteiger partial charge in [0.05, 0.1) is 10.9 Å². The van der Waals surface area contributed by atoms with Crippen LogP contribution >= 0.6 is 0 Å². The van der Waals surface area contributed by atoms with Crippen molar-refractivity contribution in [1.82, 2.24) is 4.31 Å². The lowest BCUT2D eigenvalue weighted by atomic mass is 10.2. The number of hydrogen-bond acceptors (Lipinski definition) is 3. The minimum atomic E-state index is -3.55. The van der Waals surface area contributed by atoms with Crippen molar-refractivity contribution in [1.29, 1.82) is 0 Å². The summed E-state index contributed by atoms with van der Waals surface area (Å²) in [6, 6.07) is 4.85. The van der Waals surface area contributed by atoms with Crippen LogP contribution in [-0.4, -0.2) is 31.6 Å². The van der Waals surface area contributed by atoms with Gasteiger partial charge in [-0.25, -0.2) is 8.42 Å². The van der Waals surface area contributed by atoms with Gasteiger partial charge in [0.15, 0.2) is 0 Å². The van der Waals surface area contributed by atoms with E-state index in [1.807, 2.05) is 13.0 Å². The van der Waals surface area contributed by atoms with Crippen molar-refractivity contribution in [2.45, 2.75) is 37.6 Å². The van der Waals surface area contributed by atoms with Crippen molar-refractivity contribution in [3.63, 3.8) is 0 Å². The summed E-state index contributed by atoms with van der Waals surface area (Å²) in [4.78, 5) is 11.3. The molecule has 1 aromatic rings. The van der Waals surface area contributed by atoms with Gasteiger partial charge in [0.2, 0.25) is 10.0 Å². The first-order valence-corrected chi connectivity index (χ1v) is 7.45. The number of carbonyl (C=O) groups excluding carboxylic acids is 1. The van der Waals surface area contributed by atoms with Crippen molar-refractivity contribution >= 4 is 16.3 Å². The van der Waals surface area contributed by atoms with Gasteiger partial charge in [0.25, 0.3) is 0 Å². The monoisotopic (exact) mass is 267 g/mol. The molecule has 0 N–H and O–H groups in total. The second-order valence-corrected chi connectivity index (χ2v) is 6.59. The SMILES string of the molecule is Cc1ccc(C)c(S(=O)(=O)N2CCCC2C=O)c1. The Balaban J connectivity index is 2.48. The van der Waals surface area contributed by atoms with Gasteiger partial charge in [0.1, 0.15) is 6.29 Å². The second kappa shape index (κ2) is 4.82. The third kappa shape index (κ3) is 2.20. The zero-order valence-corrected chi connectivity index (χ0v) is 11.4. The van der Waals surface area contributed by atoms with E-state index in [1.54, 1.807) is 19.1 Å². The summed E-state index contributed by atoms with van der Waals surface area (Å²) in [6.07, 6.45) is 2.09. The maximum Gasteiger partial charge on any atom is 0.243 e. The Kier molecular flexibility index (Phi) is 3.54. The lowest BCUT2D eigenvalue weighted by molar-refractivity contribution is -0.110. The van der Waals surface area contributed by atoms with E-state index in [0.29, 0.717) is 17.9 Å². The third-order valence-corrected chi connectivity index (χ3v) is 5.40. The molecule has 1 aliphatic rings. The fraction of sp³-hybridized carbons (Fsp3) is 0.462. The molecule has 1 unspecified atom stereocenters. The summed E-state index contributed by atoms with van der Waals surface area (Å²) in [5, 5.41) is 0. The molecule has 0 aliphatic carbocycles. The molecule has 1 atom stereocenters. The Hall–Kier alpha value is -1.20. The Bertz CT molecular complexity index is 566. The van der Waals surface area contributed by atoms with Crippen LogP contribution in [0.4, 0.5) is 0 Å². The predicted octanol–water partition coefficient (Wildman–Crippen LogP) is 1.66. The minimum absolute atomic E-state index is 0.316. The molecule has 0 radical (unpaired) electrons. The molecule has 1 fully saturated rings. The smallest absolute Gasteiger partial charge is 0.243 e. The van der Waals surface area contributed by atoms with Gasteiger partial charge in [-0.2, -0.15) is 4.31 Å². The molecule has 1 aliphatic heterocycles. The van der Waals surface area contributed by atoms with Crippen molar-refractivity contribution in [2.24, 2.45) is 0 Å². The number of aryl methyl sites for hydroxylation is 2. The van der Waals surface area contributed by atoms with E-state index in [4.69, 9.17) is 0 Å². The molecule has 4 nitrogen and oxygen atoms in total. The molecule has 2 rings (SSSR count). The normalized spacial score (nSPS) is 21.1. The summed E-state index contributed by atoms with van der Waals surface area (Å²) in [7, 11) is -3.55. The van der Waals surface area contributed by atoms with Gasteiger partial charge in [-0.15, -0.1) is 0 Å².